The molecule has 0 saturated carbocycles. The van der Waals surface area contributed by atoms with E-state index in [9.17, 15) is 18.4 Å². The lowest BCUT2D eigenvalue weighted by atomic mass is 10.0. The van der Waals surface area contributed by atoms with Crippen molar-refractivity contribution in [2.45, 2.75) is 13.5 Å². The van der Waals surface area contributed by atoms with Crippen LogP contribution in [-0.2, 0) is 6.54 Å². The molecule has 6 heteroatoms. The molecule has 1 aromatic heterocycles. The van der Waals surface area contributed by atoms with E-state index < -0.39 is 23.1 Å². The zero-order valence-electron chi connectivity index (χ0n) is 16.2. The molecule has 0 fully saturated rings. The summed E-state index contributed by atoms with van der Waals surface area (Å²) in [5.41, 5.74) is 0.946. The highest BCUT2D eigenvalue weighted by Gasteiger charge is 2.22. The maximum absolute atomic E-state index is 14.6. The molecule has 1 heterocycles. The number of fused-ring (bicyclic) bond motifs is 1. The van der Waals surface area contributed by atoms with Crippen LogP contribution < -0.4 is 10.9 Å². The largest absolute Gasteiger partial charge is 0.348 e. The van der Waals surface area contributed by atoms with Gasteiger partial charge < -0.3 is 5.32 Å². The summed E-state index contributed by atoms with van der Waals surface area (Å²) in [5, 5.41) is 2.83. The number of pyridine rings is 1. The van der Waals surface area contributed by atoms with Crippen molar-refractivity contribution in [3.8, 4) is 5.69 Å². The van der Waals surface area contributed by atoms with Crippen molar-refractivity contribution in [3.05, 3.63) is 112 Å². The number of carbonyl (C=O) groups is 1. The van der Waals surface area contributed by atoms with Gasteiger partial charge in [-0.25, -0.2) is 8.78 Å². The molecule has 0 bridgehead atoms. The first-order chi connectivity index (χ1) is 14.5. The van der Waals surface area contributed by atoms with Gasteiger partial charge in [0.1, 0.15) is 11.6 Å². The predicted molar refractivity (Wildman–Crippen MR) is 112 cm³/mol. The van der Waals surface area contributed by atoms with E-state index in [4.69, 9.17) is 0 Å². The Morgan fingerprint density at radius 2 is 1.70 bits per heavy atom. The molecule has 4 nitrogen and oxygen atoms in total. The van der Waals surface area contributed by atoms with Crippen molar-refractivity contribution >= 4 is 16.7 Å². The molecule has 4 aromatic rings. The van der Waals surface area contributed by atoms with Crippen molar-refractivity contribution in [2.75, 3.05) is 0 Å². The Labute approximate surface area is 171 Å². The Kier molecular flexibility index (Phi) is 5.14. The number of amides is 1. The molecule has 0 radical (unpaired) electrons. The van der Waals surface area contributed by atoms with Gasteiger partial charge in [0.05, 0.1) is 16.6 Å². The molecule has 30 heavy (non-hydrogen) atoms. The monoisotopic (exact) mass is 404 g/mol. The van der Waals surface area contributed by atoms with Gasteiger partial charge in [-0.2, -0.15) is 0 Å². The molecule has 1 N–H and O–H groups in total. The quantitative estimate of drug-likeness (QED) is 0.544. The van der Waals surface area contributed by atoms with Crippen LogP contribution in [0, 0.1) is 18.6 Å². The van der Waals surface area contributed by atoms with E-state index in [2.05, 4.69) is 5.32 Å². The molecule has 0 saturated heterocycles. The van der Waals surface area contributed by atoms with Crippen LogP contribution >= 0.6 is 0 Å². The van der Waals surface area contributed by atoms with Crippen LogP contribution in [0.1, 0.15) is 21.6 Å². The number of benzene rings is 3. The average Bonchev–Trinajstić information content (AvgIpc) is 2.73. The fraction of sp³-hybridized carbons (Fsp3) is 0.0833. The topological polar surface area (TPSA) is 51.1 Å². The molecule has 150 valence electrons. The maximum atomic E-state index is 14.6. The molecule has 0 aliphatic rings. The van der Waals surface area contributed by atoms with Crippen LogP contribution in [-0.4, -0.2) is 10.5 Å². The number of rotatable bonds is 4. The lowest BCUT2D eigenvalue weighted by Crippen LogP contribution is -2.30. The van der Waals surface area contributed by atoms with E-state index in [-0.39, 0.29) is 28.6 Å². The minimum atomic E-state index is -0.736. The van der Waals surface area contributed by atoms with Gasteiger partial charge in [-0.3, -0.25) is 14.2 Å². The minimum Gasteiger partial charge on any atom is -0.348 e. The Balaban J connectivity index is 1.91. The van der Waals surface area contributed by atoms with E-state index in [1.807, 2.05) is 30.3 Å². The van der Waals surface area contributed by atoms with Crippen LogP contribution in [0.3, 0.4) is 0 Å². The van der Waals surface area contributed by atoms with Gasteiger partial charge >= 0.3 is 0 Å². The Hall–Kier alpha value is -3.80. The average molecular weight is 404 g/mol. The fourth-order valence-corrected chi connectivity index (χ4v) is 3.60. The highest BCUT2D eigenvalue weighted by atomic mass is 19.1. The van der Waals surface area contributed by atoms with Gasteiger partial charge in [-0.1, -0.05) is 48.5 Å². The van der Waals surface area contributed by atoms with Gasteiger partial charge in [0, 0.05) is 17.6 Å². The highest BCUT2D eigenvalue weighted by Crippen LogP contribution is 2.24. The first-order valence-corrected chi connectivity index (χ1v) is 9.39. The normalized spacial score (nSPS) is 10.9. The van der Waals surface area contributed by atoms with E-state index in [1.54, 1.807) is 13.0 Å². The smallest absolute Gasteiger partial charge is 0.266 e. The minimum absolute atomic E-state index is 0.171. The van der Waals surface area contributed by atoms with Crippen molar-refractivity contribution in [3.63, 3.8) is 0 Å². The standard InChI is InChI=1S/C24H18F2N2O2/c1-15-21(23(29)27-14-16-7-3-2-4-8-16)19-11-6-12-20(26)22(19)24(30)28(15)18-10-5-9-17(25)13-18/h2-13H,14H2,1H3,(H,27,29). The molecule has 0 spiro atoms. The second kappa shape index (κ2) is 7.91. The van der Waals surface area contributed by atoms with E-state index in [1.165, 1.54) is 41.0 Å². The second-order valence-electron chi connectivity index (χ2n) is 6.91. The maximum Gasteiger partial charge on any atom is 0.266 e. The summed E-state index contributed by atoms with van der Waals surface area (Å²) in [4.78, 5) is 26.2. The number of carbonyl (C=O) groups excluding carboxylic acids is 1. The molecule has 0 atom stereocenters. The summed E-state index contributed by atoms with van der Waals surface area (Å²) in [7, 11) is 0. The van der Waals surface area contributed by atoms with Crippen molar-refractivity contribution in [1.82, 2.24) is 9.88 Å². The third-order valence-electron chi connectivity index (χ3n) is 4.99. The Morgan fingerprint density at radius 3 is 2.43 bits per heavy atom. The lowest BCUT2D eigenvalue weighted by Gasteiger charge is -2.17. The second-order valence-corrected chi connectivity index (χ2v) is 6.91. The Morgan fingerprint density at radius 1 is 0.967 bits per heavy atom. The molecule has 1 amide bonds. The molecule has 0 unspecified atom stereocenters. The summed E-state index contributed by atoms with van der Waals surface area (Å²) in [6.07, 6.45) is 0. The number of aromatic nitrogens is 1. The van der Waals surface area contributed by atoms with Crippen molar-refractivity contribution in [1.29, 1.82) is 0 Å². The lowest BCUT2D eigenvalue weighted by molar-refractivity contribution is 0.0951. The van der Waals surface area contributed by atoms with Gasteiger partial charge in [0.25, 0.3) is 11.5 Å². The van der Waals surface area contributed by atoms with Gasteiger partial charge in [0.2, 0.25) is 0 Å². The molecule has 4 rings (SSSR count). The summed E-state index contributed by atoms with van der Waals surface area (Å²) in [5.74, 6) is -1.72. The third kappa shape index (κ3) is 3.48. The van der Waals surface area contributed by atoms with Gasteiger partial charge in [-0.15, -0.1) is 0 Å². The van der Waals surface area contributed by atoms with Crippen LogP contribution in [0.4, 0.5) is 8.78 Å². The number of nitrogens with one attached hydrogen (secondary N) is 1. The molecular formula is C24H18F2N2O2. The van der Waals surface area contributed by atoms with E-state index >= 15 is 0 Å². The first kappa shape index (κ1) is 19.5. The number of hydrogen-bond acceptors (Lipinski definition) is 2. The molecule has 0 aliphatic carbocycles. The summed E-state index contributed by atoms with van der Waals surface area (Å²) >= 11 is 0. The number of nitrogens with zero attached hydrogens (tertiary/aromatic N) is 1. The molecular weight excluding hydrogens is 386 g/mol. The Bertz CT molecular complexity index is 1310. The number of halogens is 2. The van der Waals surface area contributed by atoms with Crippen LogP contribution in [0.2, 0.25) is 0 Å². The molecule has 0 aliphatic heterocycles. The van der Waals surface area contributed by atoms with Crippen molar-refractivity contribution in [2.24, 2.45) is 0 Å². The SMILES string of the molecule is Cc1c(C(=O)NCc2ccccc2)c2cccc(F)c2c(=O)n1-c1cccc(F)c1. The first-order valence-electron chi connectivity index (χ1n) is 9.39. The summed E-state index contributed by atoms with van der Waals surface area (Å²) in [6, 6.07) is 18.9. The zero-order chi connectivity index (χ0) is 21.3. The summed E-state index contributed by atoms with van der Waals surface area (Å²) < 4.78 is 29.6. The van der Waals surface area contributed by atoms with E-state index in [0.29, 0.717) is 5.69 Å². The van der Waals surface area contributed by atoms with Crippen LogP contribution in [0.15, 0.2) is 77.6 Å². The van der Waals surface area contributed by atoms with Crippen LogP contribution in [0.5, 0.6) is 0 Å². The summed E-state index contributed by atoms with van der Waals surface area (Å²) in [6.45, 7) is 1.86. The zero-order valence-corrected chi connectivity index (χ0v) is 16.2. The number of hydrogen-bond donors (Lipinski definition) is 1. The highest BCUT2D eigenvalue weighted by molar-refractivity contribution is 6.08. The van der Waals surface area contributed by atoms with Gasteiger partial charge in [-0.05, 0) is 36.8 Å². The van der Waals surface area contributed by atoms with Gasteiger partial charge in [0.15, 0.2) is 0 Å². The predicted octanol–water partition coefficient (Wildman–Crippen LogP) is 4.51. The fourth-order valence-electron chi connectivity index (χ4n) is 3.60. The van der Waals surface area contributed by atoms with Crippen LogP contribution in [0.25, 0.3) is 16.5 Å². The van der Waals surface area contributed by atoms with Crippen molar-refractivity contribution < 1.29 is 13.6 Å². The van der Waals surface area contributed by atoms with E-state index in [0.717, 1.165) is 5.56 Å². The molecule has 3 aromatic carbocycles. The third-order valence-corrected chi connectivity index (χ3v) is 4.99.